The third-order valence-corrected chi connectivity index (χ3v) is 3.00. The summed E-state index contributed by atoms with van der Waals surface area (Å²) < 4.78 is 4.87. The average Bonchev–Trinajstić information content (AvgIpc) is 2.29. The van der Waals surface area contributed by atoms with E-state index < -0.39 is 6.10 Å². The Balaban J connectivity index is 2.35. The van der Waals surface area contributed by atoms with Crippen molar-refractivity contribution in [1.82, 2.24) is 5.32 Å². The normalized spacial score (nSPS) is 14.6. The van der Waals surface area contributed by atoms with Crippen molar-refractivity contribution in [3.05, 3.63) is 34.9 Å². The van der Waals surface area contributed by atoms with E-state index in [1.807, 2.05) is 24.3 Å². The molecule has 0 aliphatic rings. The van der Waals surface area contributed by atoms with Crippen molar-refractivity contribution in [2.45, 2.75) is 25.5 Å². The third-order valence-electron chi connectivity index (χ3n) is 2.66. The van der Waals surface area contributed by atoms with Crippen molar-refractivity contribution in [2.75, 3.05) is 20.3 Å². The summed E-state index contributed by atoms with van der Waals surface area (Å²) in [5.74, 6) is 0. The van der Waals surface area contributed by atoms with Gasteiger partial charge in [0, 0.05) is 18.2 Å². The molecule has 2 N–H and O–H groups in total. The van der Waals surface area contributed by atoms with Crippen LogP contribution >= 0.6 is 11.6 Å². The van der Waals surface area contributed by atoms with Gasteiger partial charge in [0.1, 0.15) is 0 Å². The SMILES string of the molecule is COCC(O)CCNC(C)c1ccccc1Cl. The zero-order valence-electron chi connectivity index (χ0n) is 10.3. The summed E-state index contributed by atoms with van der Waals surface area (Å²) in [4.78, 5) is 0. The van der Waals surface area contributed by atoms with Crippen LogP contribution in [0, 0.1) is 0 Å². The molecule has 0 aromatic heterocycles. The van der Waals surface area contributed by atoms with Gasteiger partial charge in [0.05, 0.1) is 12.7 Å². The molecule has 3 nitrogen and oxygen atoms in total. The number of methoxy groups -OCH3 is 1. The number of benzene rings is 1. The largest absolute Gasteiger partial charge is 0.391 e. The van der Waals surface area contributed by atoms with Gasteiger partial charge in [-0.1, -0.05) is 29.8 Å². The number of ether oxygens (including phenoxy) is 1. The zero-order valence-corrected chi connectivity index (χ0v) is 11.1. The van der Waals surface area contributed by atoms with Crippen LogP contribution in [-0.2, 0) is 4.74 Å². The van der Waals surface area contributed by atoms with Crippen molar-refractivity contribution < 1.29 is 9.84 Å². The summed E-state index contributed by atoms with van der Waals surface area (Å²) in [6, 6.07) is 7.96. The van der Waals surface area contributed by atoms with Crippen LogP contribution in [0.2, 0.25) is 5.02 Å². The van der Waals surface area contributed by atoms with Crippen LogP contribution in [0.1, 0.15) is 24.9 Å². The fraction of sp³-hybridized carbons (Fsp3) is 0.538. The summed E-state index contributed by atoms with van der Waals surface area (Å²) in [5.41, 5.74) is 1.08. The second-order valence-electron chi connectivity index (χ2n) is 4.10. The van der Waals surface area contributed by atoms with Crippen LogP contribution in [0.3, 0.4) is 0 Å². The van der Waals surface area contributed by atoms with Gasteiger partial charge in [-0.15, -0.1) is 0 Å². The van der Waals surface area contributed by atoms with Crippen LogP contribution in [0.4, 0.5) is 0 Å². The second-order valence-corrected chi connectivity index (χ2v) is 4.50. The molecule has 1 aromatic carbocycles. The monoisotopic (exact) mass is 257 g/mol. The molecule has 0 bridgehead atoms. The van der Waals surface area contributed by atoms with Gasteiger partial charge in [-0.3, -0.25) is 0 Å². The minimum Gasteiger partial charge on any atom is -0.391 e. The Hall–Kier alpha value is -0.610. The van der Waals surface area contributed by atoms with Crippen LogP contribution in [0.15, 0.2) is 24.3 Å². The molecular weight excluding hydrogens is 238 g/mol. The lowest BCUT2D eigenvalue weighted by Crippen LogP contribution is -2.25. The molecule has 17 heavy (non-hydrogen) atoms. The first kappa shape index (κ1) is 14.5. The highest BCUT2D eigenvalue weighted by Crippen LogP contribution is 2.21. The number of nitrogens with one attached hydrogen (secondary N) is 1. The number of rotatable bonds is 7. The molecule has 1 rings (SSSR count). The highest BCUT2D eigenvalue weighted by Gasteiger charge is 2.09. The molecule has 0 spiro atoms. The summed E-state index contributed by atoms with van der Waals surface area (Å²) in [6.07, 6.45) is 0.258. The fourth-order valence-corrected chi connectivity index (χ4v) is 1.98. The van der Waals surface area contributed by atoms with Gasteiger partial charge in [-0.2, -0.15) is 0 Å². The highest BCUT2D eigenvalue weighted by molar-refractivity contribution is 6.31. The van der Waals surface area contributed by atoms with E-state index in [1.54, 1.807) is 7.11 Å². The average molecular weight is 258 g/mol. The van der Waals surface area contributed by atoms with Crippen molar-refractivity contribution >= 4 is 11.6 Å². The van der Waals surface area contributed by atoms with Crippen molar-refractivity contribution in [3.63, 3.8) is 0 Å². The van der Waals surface area contributed by atoms with Gasteiger partial charge in [0.25, 0.3) is 0 Å². The maximum atomic E-state index is 9.50. The highest BCUT2D eigenvalue weighted by atomic mass is 35.5. The van der Waals surface area contributed by atoms with E-state index in [4.69, 9.17) is 16.3 Å². The summed E-state index contributed by atoms with van der Waals surface area (Å²) in [6.45, 7) is 3.17. The number of aliphatic hydroxyl groups is 1. The Morgan fingerprint density at radius 3 is 2.76 bits per heavy atom. The van der Waals surface area contributed by atoms with Crippen LogP contribution in [0.25, 0.3) is 0 Å². The predicted molar refractivity (Wildman–Crippen MR) is 70.4 cm³/mol. The summed E-state index contributed by atoms with van der Waals surface area (Å²) >= 11 is 6.10. The molecule has 0 heterocycles. The first-order valence-corrected chi connectivity index (χ1v) is 6.17. The van der Waals surface area contributed by atoms with E-state index in [2.05, 4.69) is 12.2 Å². The lowest BCUT2D eigenvalue weighted by molar-refractivity contribution is 0.0590. The van der Waals surface area contributed by atoms with Crippen LogP contribution in [-0.4, -0.2) is 31.5 Å². The maximum absolute atomic E-state index is 9.50. The predicted octanol–water partition coefficient (Wildman–Crippen LogP) is 2.39. The quantitative estimate of drug-likeness (QED) is 0.788. The molecule has 0 saturated carbocycles. The van der Waals surface area contributed by atoms with E-state index in [-0.39, 0.29) is 6.04 Å². The molecule has 96 valence electrons. The lowest BCUT2D eigenvalue weighted by atomic mass is 10.1. The van der Waals surface area contributed by atoms with Gasteiger partial charge >= 0.3 is 0 Å². The minimum absolute atomic E-state index is 0.179. The Morgan fingerprint density at radius 1 is 1.41 bits per heavy atom. The molecule has 4 heteroatoms. The second kappa shape index (κ2) is 7.67. The number of halogens is 1. The van der Waals surface area contributed by atoms with E-state index in [0.29, 0.717) is 13.0 Å². The molecule has 2 atom stereocenters. The Labute approximate surface area is 108 Å². The molecule has 0 fully saturated rings. The van der Waals surface area contributed by atoms with Gasteiger partial charge in [-0.05, 0) is 31.5 Å². The topological polar surface area (TPSA) is 41.5 Å². The maximum Gasteiger partial charge on any atom is 0.0785 e. The van der Waals surface area contributed by atoms with E-state index in [9.17, 15) is 5.11 Å². The molecule has 0 saturated heterocycles. The smallest absolute Gasteiger partial charge is 0.0785 e. The van der Waals surface area contributed by atoms with E-state index in [1.165, 1.54) is 0 Å². The lowest BCUT2D eigenvalue weighted by Gasteiger charge is -2.17. The van der Waals surface area contributed by atoms with Crippen LogP contribution < -0.4 is 5.32 Å². The third kappa shape index (κ3) is 5.04. The van der Waals surface area contributed by atoms with Gasteiger partial charge in [0.15, 0.2) is 0 Å². The molecule has 1 aromatic rings. The molecule has 0 radical (unpaired) electrons. The van der Waals surface area contributed by atoms with Crippen molar-refractivity contribution in [3.8, 4) is 0 Å². The first-order valence-electron chi connectivity index (χ1n) is 5.80. The zero-order chi connectivity index (χ0) is 12.7. The summed E-state index contributed by atoms with van der Waals surface area (Å²) in [7, 11) is 1.59. The first-order chi connectivity index (χ1) is 8.15. The molecule has 2 unspecified atom stereocenters. The van der Waals surface area contributed by atoms with Crippen molar-refractivity contribution in [1.29, 1.82) is 0 Å². The Morgan fingerprint density at radius 2 is 2.12 bits per heavy atom. The van der Waals surface area contributed by atoms with Crippen molar-refractivity contribution in [2.24, 2.45) is 0 Å². The van der Waals surface area contributed by atoms with Gasteiger partial charge < -0.3 is 15.2 Å². The number of hydrogen-bond donors (Lipinski definition) is 2. The molecule has 0 aliphatic carbocycles. The fourth-order valence-electron chi connectivity index (χ4n) is 1.68. The Bertz CT molecular complexity index is 333. The standard InChI is InChI=1S/C13H20ClNO2/c1-10(12-5-3-4-6-13(12)14)15-8-7-11(16)9-17-2/h3-6,10-11,15-16H,7-9H2,1-2H3. The number of hydrogen-bond acceptors (Lipinski definition) is 3. The van der Waals surface area contributed by atoms with Gasteiger partial charge in [0.2, 0.25) is 0 Å². The van der Waals surface area contributed by atoms with E-state index in [0.717, 1.165) is 17.1 Å². The van der Waals surface area contributed by atoms with Crippen LogP contribution in [0.5, 0.6) is 0 Å². The van der Waals surface area contributed by atoms with E-state index >= 15 is 0 Å². The molecule has 0 aliphatic heterocycles. The Kier molecular flexibility index (Phi) is 6.52. The number of aliphatic hydroxyl groups excluding tert-OH is 1. The molecular formula is C13H20ClNO2. The minimum atomic E-state index is -0.411. The molecule has 0 amide bonds. The summed E-state index contributed by atoms with van der Waals surface area (Å²) in [5, 5.41) is 13.6. The van der Waals surface area contributed by atoms with Gasteiger partial charge in [-0.25, -0.2) is 0 Å².